The third-order valence-electron chi connectivity index (χ3n) is 6.44. The number of ether oxygens (including phenoxy) is 1. The average Bonchev–Trinajstić information content (AvgIpc) is 3.25. The summed E-state index contributed by atoms with van der Waals surface area (Å²) in [6.45, 7) is 3.06. The fraction of sp³-hybridized carbons (Fsp3) is 0.542. The van der Waals surface area contributed by atoms with Crippen molar-refractivity contribution < 1.29 is 9.13 Å². The lowest BCUT2D eigenvalue weighted by molar-refractivity contribution is 0.386. The van der Waals surface area contributed by atoms with Crippen LogP contribution in [0.5, 0.6) is 5.75 Å². The first-order valence-corrected chi connectivity index (χ1v) is 11.2. The highest BCUT2D eigenvalue weighted by Gasteiger charge is 2.25. The van der Waals surface area contributed by atoms with Crippen molar-refractivity contribution >= 4 is 5.82 Å². The van der Waals surface area contributed by atoms with Gasteiger partial charge in [0.15, 0.2) is 11.6 Å². The van der Waals surface area contributed by atoms with E-state index in [1.165, 1.54) is 31.6 Å². The van der Waals surface area contributed by atoms with E-state index in [2.05, 4.69) is 39.3 Å². The zero-order valence-electron chi connectivity index (χ0n) is 17.8. The summed E-state index contributed by atoms with van der Waals surface area (Å²) in [5, 5.41) is 10.6. The minimum Gasteiger partial charge on any atom is -0.494 e. The molecule has 1 aromatic heterocycles. The highest BCUT2D eigenvalue weighted by Crippen LogP contribution is 2.34. The number of aromatic nitrogens is 1. The standard InChI is InChI=1S/C24H33FN4O/c1-30-23-14-17(2-6-22(23)25)8-13-27-21-5-3-18(15-21)19-4-7-24(28-16-19)29-20-9-11-26-12-10-20/h2,4,6-7,14,16,18,20-21,26-27H,3,5,8-13,15H2,1H3,(H,28,29)/t18-,21+/m1/s1. The first-order valence-electron chi connectivity index (χ1n) is 11.2. The number of hydrogen-bond acceptors (Lipinski definition) is 5. The number of rotatable bonds is 8. The van der Waals surface area contributed by atoms with Crippen LogP contribution in [0.25, 0.3) is 0 Å². The molecule has 0 spiro atoms. The Morgan fingerprint density at radius 3 is 2.73 bits per heavy atom. The lowest BCUT2D eigenvalue weighted by atomic mass is 9.99. The largest absolute Gasteiger partial charge is 0.494 e. The topological polar surface area (TPSA) is 58.2 Å². The lowest BCUT2D eigenvalue weighted by Gasteiger charge is -2.24. The van der Waals surface area contributed by atoms with E-state index in [9.17, 15) is 4.39 Å². The van der Waals surface area contributed by atoms with E-state index in [4.69, 9.17) is 4.74 Å². The maximum absolute atomic E-state index is 13.5. The predicted octanol–water partition coefficient (Wildman–Crippen LogP) is 3.86. The summed E-state index contributed by atoms with van der Waals surface area (Å²) in [6.07, 6.45) is 8.78. The Morgan fingerprint density at radius 2 is 1.97 bits per heavy atom. The molecule has 2 fully saturated rings. The molecule has 2 aliphatic rings. The zero-order chi connectivity index (χ0) is 20.8. The van der Waals surface area contributed by atoms with Gasteiger partial charge in [-0.15, -0.1) is 0 Å². The molecule has 2 atom stereocenters. The number of halogens is 1. The van der Waals surface area contributed by atoms with Gasteiger partial charge in [0, 0.05) is 18.3 Å². The van der Waals surface area contributed by atoms with Crippen molar-refractivity contribution in [2.24, 2.45) is 0 Å². The van der Waals surface area contributed by atoms with Gasteiger partial charge < -0.3 is 20.7 Å². The number of hydrogen-bond donors (Lipinski definition) is 3. The zero-order valence-corrected chi connectivity index (χ0v) is 17.8. The summed E-state index contributed by atoms with van der Waals surface area (Å²) < 4.78 is 18.6. The number of nitrogens with one attached hydrogen (secondary N) is 3. The Kier molecular flexibility index (Phi) is 7.18. The Labute approximate surface area is 178 Å². The second-order valence-electron chi connectivity index (χ2n) is 8.53. The molecule has 0 bridgehead atoms. The van der Waals surface area contributed by atoms with E-state index < -0.39 is 0 Å². The molecule has 1 aliphatic carbocycles. The van der Waals surface area contributed by atoms with Crippen molar-refractivity contribution in [3.8, 4) is 5.75 Å². The minimum absolute atomic E-state index is 0.307. The minimum atomic E-state index is -0.307. The highest BCUT2D eigenvalue weighted by molar-refractivity contribution is 5.38. The SMILES string of the molecule is COc1cc(CCN[C@H]2CC[C@@H](c3ccc(NC4CCNCC4)nc3)C2)ccc1F. The van der Waals surface area contributed by atoms with Crippen molar-refractivity contribution in [3.05, 3.63) is 53.5 Å². The van der Waals surface area contributed by atoms with Gasteiger partial charge in [0.2, 0.25) is 0 Å². The van der Waals surface area contributed by atoms with Crippen LogP contribution in [0.4, 0.5) is 10.2 Å². The van der Waals surface area contributed by atoms with E-state index >= 15 is 0 Å². The normalized spacial score (nSPS) is 22.2. The number of piperidine rings is 1. The van der Waals surface area contributed by atoms with E-state index in [0.29, 0.717) is 23.8 Å². The predicted molar refractivity (Wildman–Crippen MR) is 119 cm³/mol. The van der Waals surface area contributed by atoms with Gasteiger partial charge in [-0.3, -0.25) is 0 Å². The molecule has 2 aromatic rings. The van der Waals surface area contributed by atoms with E-state index in [0.717, 1.165) is 56.7 Å². The molecule has 0 amide bonds. The van der Waals surface area contributed by atoms with Gasteiger partial charge in [0.05, 0.1) is 7.11 Å². The van der Waals surface area contributed by atoms with Crippen molar-refractivity contribution in [1.29, 1.82) is 0 Å². The second kappa shape index (κ2) is 10.2. The number of nitrogens with zero attached hydrogens (tertiary/aromatic N) is 1. The van der Waals surface area contributed by atoms with Crippen LogP contribution < -0.4 is 20.7 Å². The number of benzene rings is 1. The monoisotopic (exact) mass is 412 g/mol. The Morgan fingerprint density at radius 1 is 1.10 bits per heavy atom. The smallest absolute Gasteiger partial charge is 0.165 e. The third kappa shape index (κ3) is 5.49. The van der Waals surface area contributed by atoms with Crippen molar-refractivity contribution in [2.75, 3.05) is 32.1 Å². The molecule has 162 valence electrons. The van der Waals surface area contributed by atoms with E-state index in [1.807, 2.05) is 6.07 Å². The maximum atomic E-state index is 13.5. The van der Waals surface area contributed by atoms with Crippen LogP contribution in [0.1, 0.15) is 49.1 Å². The molecule has 1 aliphatic heterocycles. The molecule has 0 radical (unpaired) electrons. The Bertz CT molecular complexity index is 807. The molecular formula is C24H33FN4O. The van der Waals surface area contributed by atoms with Gasteiger partial charge >= 0.3 is 0 Å². The fourth-order valence-corrected chi connectivity index (χ4v) is 4.66. The quantitative estimate of drug-likeness (QED) is 0.615. The number of methoxy groups -OCH3 is 1. The van der Waals surface area contributed by atoms with E-state index in [1.54, 1.807) is 6.07 Å². The molecule has 3 N–H and O–H groups in total. The molecule has 1 saturated carbocycles. The van der Waals surface area contributed by atoms with Crippen LogP contribution >= 0.6 is 0 Å². The molecule has 4 rings (SSSR count). The first-order chi connectivity index (χ1) is 14.7. The Hall–Kier alpha value is -2.18. The van der Waals surface area contributed by atoms with Crippen molar-refractivity contribution in [2.45, 2.75) is 56.5 Å². The molecular weight excluding hydrogens is 379 g/mol. The van der Waals surface area contributed by atoms with Gasteiger partial charge in [0.1, 0.15) is 5.82 Å². The van der Waals surface area contributed by atoms with Crippen molar-refractivity contribution in [3.63, 3.8) is 0 Å². The van der Waals surface area contributed by atoms with Gasteiger partial charge in [-0.1, -0.05) is 12.1 Å². The number of pyridine rings is 1. The summed E-state index contributed by atoms with van der Waals surface area (Å²) >= 11 is 0. The van der Waals surface area contributed by atoms with Crippen LogP contribution in [0.15, 0.2) is 36.5 Å². The van der Waals surface area contributed by atoms with Crippen LogP contribution in [0, 0.1) is 5.82 Å². The summed E-state index contributed by atoms with van der Waals surface area (Å²) in [5.74, 6) is 1.58. The third-order valence-corrected chi connectivity index (χ3v) is 6.44. The van der Waals surface area contributed by atoms with Gasteiger partial charge in [-0.05, 0) is 93.4 Å². The lowest BCUT2D eigenvalue weighted by Crippen LogP contribution is -2.35. The van der Waals surface area contributed by atoms with Crippen LogP contribution in [0.2, 0.25) is 0 Å². The summed E-state index contributed by atoms with van der Waals surface area (Å²) in [4.78, 5) is 4.67. The molecule has 0 unspecified atom stereocenters. The molecule has 30 heavy (non-hydrogen) atoms. The van der Waals surface area contributed by atoms with Crippen LogP contribution in [-0.2, 0) is 6.42 Å². The number of anilines is 1. The first kappa shape index (κ1) is 21.1. The van der Waals surface area contributed by atoms with Crippen LogP contribution in [0.3, 0.4) is 0 Å². The van der Waals surface area contributed by atoms with Gasteiger partial charge in [-0.25, -0.2) is 9.37 Å². The molecule has 2 heterocycles. The van der Waals surface area contributed by atoms with Gasteiger partial charge in [-0.2, -0.15) is 0 Å². The van der Waals surface area contributed by atoms with E-state index in [-0.39, 0.29) is 5.82 Å². The fourth-order valence-electron chi connectivity index (χ4n) is 4.66. The molecule has 1 saturated heterocycles. The highest BCUT2D eigenvalue weighted by atomic mass is 19.1. The van der Waals surface area contributed by atoms with Crippen LogP contribution in [-0.4, -0.2) is 43.8 Å². The average molecular weight is 413 g/mol. The summed E-state index contributed by atoms with van der Waals surface area (Å²) in [6, 6.07) is 10.6. The summed E-state index contributed by atoms with van der Waals surface area (Å²) in [7, 11) is 1.50. The molecule has 1 aromatic carbocycles. The van der Waals surface area contributed by atoms with Gasteiger partial charge in [0.25, 0.3) is 0 Å². The maximum Gasteiger partial charge on any atom is 0.165 e. The second-order valence-corrected chi connectivity index (χ2v) is 8.53. The van der Waals surface area contributed by atoms with Crippen molar-refractivity contribution in [1.82, 2.24) is 15.6 Å². The molecule has 6 heteroatoms. The molecule has 5 nitrogen and oxygen atoms in total. The Balaban J connectivity index is 1.22. The summed E-state index contributed by atoms with van der Waals surface area (Å²) in [5.41, 5.74) is 2.44.